The molecule has 2 unspecified atom stereocenters. The molecule has 0 spiro atoms. The highest BCUT2D eigenvalue weighted by molar-refractivity contribution is 6.07. The molecule has 0 saturated carbocycles. The van der Waals surface area contributed by atoms with E-state index in [0.29, 0.717) is 24.8 Å². The lowest BCUT2D eigenvalue weighted by atomic mass is 9.87. The van der Waals surface area contributed by atoms with Crippen LogP contribution in [0.3, 0.4) is 0 Å². The van der Waals surface area contributed by atoms with Crippen LogP contribution in [0.2, 0.25) is 0 Å². The second-order valence-corrected chi connectivity index (χ2v) is 7.42. The van der Waals surface area contributed by atoms with Gasteiger partial charge < -0.3 is 4.74 Å². The molecule has 4 nitrogen and oxygen atoms in total. The molecule has 0 saturated heterocycles. The van der Waals surface area contributed by atoms with E-state index in [4.69, 9.17) is 4.74 Å². The fourth-order valence-corrected chi connectivity index (χ4v) is 3.37. The lowest BCUT2D eigenvalue weighted by molar-refractivity contribution is -0.158. The van der Waals surface area contributed by atoms with Crippen molar-refractivity contribution in [2.24, 2.45) is 23.7 Å². The van der Waals surface area contributed by atoms with Gasteiger partial charge in [0.25, 0.3) is 0 Å². The highest BCUT2D eigenvalue weighted by Crippen LogP contribution is 2.24. The molecule has 0 bridgehead atoms. The first-order valence-electron chi connectivity index (χ1n) is 9.13. The maximum Gasteiger partial charge on any atom is 0.316 e. The number of hydrogen-bond acceptors (Lipinski definition) is 4. The molecular weight excluding hydrogens is 304 g/mol. The van der Waals surface area contributed by atoms with Gasteiger partial charge in [-0.2, -0.15) is 0 Å². The molecule has 5 atom stereocenters. The minimum Gasteiger partial charge on any atom is -0.462 e. The lowest BCUT2D eigenvalue weighted by Crippen LogP contribution is -2.32. The van der Waals surface area contributed by atoms with E-state index in [1.807, 2.05) is 33.8 Å². The molecule has 0 amide bonds. The fraction of sp³-hybridized carbons (Fsp3) is 0.750. The van der Waals surface area contributed by atoms with Gasteiger partial charge in [-0.25, -0.2) is 0 Å². The van der Waals surface area contributed by atoms with Gasteiger partial charge in [0.2, 0.25) is 0 Å². The van der Waals surface area contributed by atoms with Crippen LogP contribution in [-0.2, 0) is 19.1 Å². The van der Waals surface area contributed by atoms with Gasteiger partial charge in [0.15, 0.2) is 5.78 Å². The molecule has 1 aliphatic heterocycles. The van der Waals surface area contributed by atoms with E-state index in [9.17, 15) is 14.4 Å². The summed E-state index contributed by atoms with van der Waals surface area (Å²) in [5, 5.41) is 0. The predicted molar refractivity (Wildman–Crippen MR) is 94.4 cm³/mol. The zero-order valence-electron chi connectivity index (χ0n) is 15.9. The van der Waals surface area contributed by atoms with E-state index in [0.717, 1.165) is 6.42 Å². The largest absolute Gasteiger partial charge is 0.462 e. The van der Waals surface area contributed by atoms with Crippen LogP contribution in [0.1, 0.15) is 67.2 Å². The average Bonchev–Trinajstić information content (AvgIpc) is 2.54. The van der Waals surface area contributed by atoms with Crippen LogP contribution < -0.4 is 0 Å². The molecular formula is C20H32O4. The van der Waals surface area contributed by atoms with Crippen molar-refractivity contribution in [2.45, 2.75) is 73.3 Å². The maximum absolute atomic E-state index is 12.5. The van der Waals surface area contributed by atoms with Gasteiger partial charge >= 0.3 is 5.97 Å². The van der Waals surface area contributed by atoms with E-state index in [2.05, 4.69) is 0 Å². The van der Waals surface area contributed by atoms with Gasteiger partial charge in [-0.15, -0.1) is 0 Å². The molecule has 0 aromatic carbocycles. The predicted octanol–water partition coefficient (Wildman–Crippen LogP) is 4.12. The number of rotatable bonds is 1. The smallest absolute Gasteiger partial charge is 0.316 e. The van der Waals surface area contributed by atoms with Gasteiger partial charge in [-0.05, 0) is 50.5 Å². The molecule has 1 rings (SSSR count). The minimum atomic E-state index is -0.781. The van der Waals surface area contributed by atoms with Crippen molar-refractivity contribution in [1.29, 1.82) is 0 Å². The summed E-state index contributed by atoms with van der Waals surface area (Å²) < 4.78 is 5.58. The van der Waals surface area contributed by atoms with Crippen molar-refractivity contribution < 1.29 is 19.1 Å². The van der Waals surface area contributed by atoms with E-state index < -0.39 is 11.9 Å². The van der Waals surface area contributed by atoms with Crippen molar-refractivity contribution in [1.82, 2.24) is 0 Å². The highest BCUT2D eigenvalue weighted by atomic mass is 16.5. The first kappa shape index (κ1) is 20.6. The molecule has 0 radical (unpaired) electrons. The highest BCUT2D eigenvalue weighted by Gasteiger charge is 2.29. The van der Waals surface area contributed by atoms with Gasteiger partial charge in [0, 0.05) is 12.3 Å². The number of Topliss-reactive ketones (excluding diaryl/α,β-unsaturated/α-hetero) is 2. The summed E-state index contributed by atoms with van der Waals surface area (Å²) in [5.41, 5.74) is 0.574. The number of carbonyl (C=O) groups excluding carboxylic acids is 3. The van der Waals surface area contributed by atoms with E-state index in [1.54, 1.807) is 13.8 Å². The Kier molecular flexibility index (Phi) is 7.85. The van der Waals surface area contributed by atoms with Gasteiger partial charge in [-0.3, -0.25) is 14.4 Å². The van der Waals surface area contributed by atoms with Crippen LogP contribution >= 0.6 is 0 Å². The van der Waals surface area contributed by atoms with Crippen molar-refractivity contribution in [2.75, 3.05) is 0 Å². The SMILES string of the molecule is CCC1OC(=O)[C@H](C)C(=O)/C(C)=C\C(C)C[C@@H](C)C(=O)CC[C@H]1C. The Morgan fingerprint density at radius 3 is 2.33 bits per heavy atom. The van der Waals surface area contributed by atoms with Crippen molar-refractivity contribution in [3.05, 3.63) is 11.6 Å². The van der Waals surface area contributed by atoms with Crippen LogP contribution in [0.15, 0.2) is 11.6 Å². The third-order valence-corrected chi connectivity index (χ3v) is 5.10. The van der Waals surface area contributed by atoms with Crippen LogP contribution in [0.4, 0.5) is 0 Å². The van der Waals surface area contributed by atoms with Crippen molar-refractivity contribution in [3.63, 3.8) is 0 Å². The monoisotopic (exact) mass is 336 g/mol. The quantitative estimate of drug-likeness (QED) is 0.534. The second-order valence-electron chi connectivity index (χ2n) is 7.42. The Bertz CT molecular complexity index is 506. The molecule has 136 valence electrons. The molecule has 0 N–H and O–H groups in total. The zero-order chi connectivity index (χ0) is 18.4. The third-order valence-electron chi connectivity index (χ3n) is 5.10. The minimum absolute atomic E-state index is 0.0191. The summed E-state index contributed by atoms with van der Waals surface area (Å²) in [6.07, 6.45) is 4.27. The number of hydrogen-bond donors (Lipinski definition) is 0. The molecule has 1 aliphatic rings. The maximum atomic E-state index is 12.5. The molecule has 0 aliphatic carbocycles. The molecule has 0 aromatic heterocycles. The van der Waals surface area contributed by atoms with Crippen molar-refractivity contribution in [3.8, 4) is 0 Å². The number of cyclic esters (lactones) is 1. The van der Waals surface area contributed by atoms with Gasteiger partial charge in [-0.1, -0.05) is 33.8 Å². The van der Waals surface area contributed by atoms with Crippen LogP contribution in [0, 0.1) is 23.7 Å². The third kappa shape index (κ3) is 5.57. The van der Waals surface area contributed by atoms with Crippen LogP contribution in [-0.4, -0.2) is 23.6 Å². The normalized spacial score (nSPS) is 36.5. The topological polar surface area (TPSA) is 60.4 Å². The Morgan fingerprint density at radius 2 is 1.75 bits per heavy atom. The first-order chi connectivity index (χ1) is 11.2. The lowest BCUT2D eigenvalue weighted by Gasteiger charge is -2.25. The summed E-state index contributed by atoms with van der Waals surface area (Å²) in [5.74, 6) is -0.973. The Balaban J connectivity index is 3.08. The van der Waals surface area contributed by atoms with Crippen LogP contribution in [0.5, 0.6) is 0 Å². The van der Waals surface area contributed by atoms with E-state index in [-0.39, 0.29) is 35.4 Å². The van der Waals surface area contributed by atoms with Crippen molar-refractivity contribution >= 4 is 17.5 Å². The zero-order valence-corrected chi connectivity index (χ0v) is 15.9. The second kappa shape index (κ2) is 9.14. The molecule has 0 aromatic rings. The Hall–Kier alpha value is -1.45. The number of ketones is 2. The summed E-state index contributed by atoms with van der Waals surface area (Å²) in [6, 6.07) is 0. The molecule has 1 heterocycles. The molecule has 24 heavy (non-hydrogen) atoms. The number of esters is 1. The standard InChI is InChI=1S/C20H32O4/c1-7-18-13(3)8-9-17(21)14(4)10-12(2)11-15(5)19(22)16(6)20(23)24-18/h11-14,16,18H,7-10H2,1-6H3/b15-11-/t12?,13-,14-,16-,18?/m1/s1. The Morgan fingerprint density at radius 1 is 1.12 bits per heavy atom. The summed E-state index contributed by atoms with van der Waals surface area (Å²) in [6.45, 7) is 11.3. The summed E-state index contributed by atoms with van der Waals surface area (Å²) >= 11 is 0. The van der Waals surface area contributed by atoms with E-state index in [1.165, 1.54) is 0 Å². The molecule has 4 heteroatoms. The first-order valence-corrected chi connectivity index (χ1v) is 9.13. The summed E-state index contributed by atoms with van der Waals surface area (Å²) in [4.78, 5) is 37.1. The van der Waals surface area contributed by atoms with Gasteiger partial charge in [0.05, 0.1) is 0 Å². The van der Waals surface area contributed by atoms with E-state index >= 15 is 0 Å². The number of allylic oxidation sites excluding steroid dienone is 2. The Labute approximate surface area is 146 Å². The number of ether oxygens (including phenoxy) is 1. The average molecular weight is 336 g/mol. The number of carbonyl (C=O) groups is 3. The van der Waals surface area contributed by atoms with Gasteiger partial charge in [0.1, 0.15) is 17.8 Å². The fourth-order valence-electron chi connectivity index (χ4n) is 3.37. The molecule has 0 fully saturated rings. The summed E-state index contributed by atoms with van der Waals surface area (Å²) in [7, 11) is 0. The van der Waals surface area contributed by atoms with Crippen LogP contribution in [0.25, 0.3) is 0 Å².